The number of benzene rings is 1. The van der Waals surface area contributed by atoms with E-state index in [-0.39, 0.29) is 0 Å². The zero-order valence-electron chi connectivity index (χ0n) is 12.9. The van der Waals surface area contributed by atoms with Crippen LogP contribution in [0.5, 0.6) is 0 Å². The van der Waals surface area contributed by atoms with Gasteiger partial charge < -0.3 is 4.57 Å². The van der Waals surface area contributed by atoms with Crippen LogP contribution in [0.25, 0.3) is 0 Å². The molecule has 0 amide bonds. The van der Waals surface area contributed by atoms with E-state index in [4.69, 9.17) is 11.6 Å². The molecular formula is C17H21ClN4. The van der Waals surface area contributed by atoms with Crippen LogP contribution in [0.1, 0.15) is 55.4 Å². The maximum Gasteiger partial charge on any atom is 0.147 e. The summed E-state index contributed by atoms with van der Waals surface area (Å²) in [6, 6.07) is 8.68. The van der Waals surface area contributed by atoms with Crippen molar-refractivity contribution in [3.05, 3.63) is 46.5 Å². The van der Waals surface area contributed by atoms with E-state index in [1.54, 1.807) is 0 Å². The molecule has 1 fully saturated rings. The SMILES string of the molecule is CC[C@H](c1ccc(Cl)cc1)N1CCn2c(nnc2C2CC2)C1. The average Bonchev–Trinajstić information content (AvgIpc) is 3.29. The van der Waals surface area contributed by atoms with E-state index in [2.05, 4.69) is 38.7 Å². The van der Waals surface area contributed by atoms with E-state index < -0.39 is 0 Å². The third-order valence-electron chi connectivity index (χ3n) is 4.84. The monoisotopic (exact) mass is 316 g/mol. The zero-order valence-corrected chi connectivity index (χ0v) is 13.6. The molecule has 0 unspecified atom stereocenters. The van der Waals surface area contributed by atoms with Crippen molar-refractivity contribution in [2.75, 3.05) is 6.54 Å². The summed E-state index contributed by atoms with van der Waals surface area (Å²) in [5, 5.41) is 9.67. The number of halogens is 1. The lowest BCUT2D eigenvalue weighted by Gasteiger charge is -2.34. The molecule has 116 valence electrons. The fourth-order valence-electron chi connectivity index (χ4n) is 3.50. The molecule has 4 rings (SSSR count). The number of hydrogen-bond donors (Lipinski definition) is 0. The molecule has 0 bridgehead atoms. The molecule has 0 N–H and O–H groups in total. The Balaban J connectivity index is 1.56. The van der Waals surface area contributed by atoms with Crippen molar-refractivity contribution in [3.63, 3.8) is 0 Å². The van der Waals surface area contributed by atoms with Gasteiger partial charge in [-0.1, -0.05) is 30.7 Å². The summed E-state index contributed by atoms with van der Waals surface area (Å²) >= 11 is 6.02. The van der Waals surface area contributed by atoms with Gasteiger partial charge in [-0.2, -0.15) is 0 Å². The summed E-state index contributed by atoms with van der Waals surface area (Å²) in [6.07, 6.45) is 3.65. The van der Waals surface area contributed by atoms with E-state index in [9.17, 15) is 0 Å². The number of rotatable bonds is 4. The molecule has 2 aromatic rings. The maximum atomic E-state index is 6.02. The number of nitrogens with zero attached hydrogens (tertiary/aromatic N) is 4. The Morgan fingerprint density at radius 1 is 1.18 bits per heavy atom. The third kappa shape index (κ3) is 2.55. The standard InChI is InChI=1S/C17H21ClN4/c1-2-15(12-5-7-14(18)8-6-12)21-9-10-22-16(11-21)19-20-17(22)13-3-4-13/h5-8,13,15H,2-4,9-11H2,1H3/t15-/m1/s1. The largest absolute Gasteiger partial charge is 0.312 e. The van der Waals surface area contributed by atoms with Crippen molar-refractivity contribution < 1.29 is 0 Å². The van der Waals surface area contributed by atoms with E-state index in [1.165, 1.54) is 24.2 Å². The quantitative estimate of drug-likeness (QED) is 0.861. The van der Waals surface area contributed by atoms with Gasteiger partial charge in [-0.15, -0.1) is 10.2 Å². The van der Waals surface area contributed by atoms with Gasteiger partial charge in [0.2, 0.25) is 0 Å². The van der Waals surface area contributed by atoms with E-state index in [1.807, 2.05) is 12.1 Å². The van der Waals surface area contributed by atoms with Crippen molar-refractivity contribution in [1.82, 2.24) is 19.7 Å². The summed E-state index contributed by atoms with van der Waals surface area (Å²) in [5.41, 5.74) is 1.34. The molecule has 0 saturated heterocycles. The molecule has 22 heavy (non-hydrogen) atoms. The van der Waals surface area contributed by atoms with E-state index in [0.717, 1.165) is 36.9 Å². The number of fused-ring (bicyclic) bond motifs is 1. The Morgan fingerprint density at radius 2 is 1.95 bits per heavy atom. The molecule has 5 heteroatoms. The molecule has 1 aliphatic carbocycles. The Bertz CT molecular complexity index is 660. The van der Waals surface area contributed by atoms with Gasteiger partial charge >= 0.3 is 0 Å². The fraction of sp³-hybridized carbons (Fsp3) is 0.529. The third-order valence-corrected chi connectivity index (χ3v) is 5.09. The van der Waals surface area contributed by atoms with Crippen LogP contribution in [-0.2, 0) is 13.1 Å². The van der Waals surface area contributed by atoms with Crippen LogP contribution in [-0.4, -0.2) is 26.2 Å². The lowest BCUT2D eigenvalue weighted by atomic mass is 10.0. The highest BCUT2D eigenvalue weighted by Crippen LogP contribution is 2.40. The molecule has 0 spiro atoms. The normalized spacial score (nSPS) is 19.9. The van der Waals surface area contributed by atoms with Crippen LogP contribution < -0.4 is 0 Å². The molecule has 1 saturated carbocycles. The maximum absolute atomic E-state index is 6.02. The van der Waals surface area contributed by atoms with Crippen LogP contribution in [0, 0.1) is 0 Å². The molecule has 2 heterocycles. The van der Waals surface area contributed by atoms with Crippen LogP contribution >= 0.6 is 11.6 Å². The Kier molecular flexibility index (Phi) is 3.66. The predicted molar refractivity (Wildman–Crippen MR) is 86.9 cm³/mol. The van der Waals surface area contributed by atoms with Crippen molar-refractivity contribution in [2.24, 2.45) is 0 Å². The smallest absolute Gasteiger partial charge is 0.147 e. The topological polar surface area (TPSA) is 34.0 Å². The first-order valence-electron chi connectivity index (χ1n) is 8.17. The lowest BCUT2D eigenvalue weighted by molar-refractivity contribution is 0.147. The van der Waals surface area contributed by atoms with Crippen molar-refractivity contribution >= 4 is 11.6 Å². The zero-order chi connectivity index (χ0) is 15.1. The van der Waals surface area contributed by atoms with Gasteiger partial charge in [0, 0.05) is 30.1 Å². The Labute approximate surface area is 136 Å². The van der Waals surface area contributed by atoms with E-state index >= 15 is 0 Å². The lowest BCUT2D eigenvalue weighted by Crippen LogP contribution is -2.37. The summed E-state index contributed by atoms with van der Waals surface area (Å²) in [6.45, 7) is 5.21. The van der Waals surface area contributed by atoms with Crippen LogP contribution in [0.2, 0.25) is 5.02 Å². The molecule has 1 aliphatic heterocycles. The number of aromatic nitrogens is 3. The van der Waals surface area contributed by atoms with Gasteiger partial charge in [0.1, 0.15) is 11.6 Å². The summed E-state index contributed by atoms with van der Waals surface area (Å²) in [4.78, 5) is 2.52. The molecule has 0 radical (unpaired) electrons. The van der Waals surface area contributed by atoms with Gasteiger partial charge in [-0.3, -0.25) is 4.90 Å². The molecule has 1 atom stereocenters. The van der Waals surface area contributed by atoms with Gasteiger partial charge in [0.05, 0.1) is 6.54 Å². The average molecular weight is 317 g/mol. The minimum atomic E-state index is 0.423. The Morgan fingerprint density at radius 3 is 2.64 bits per heavy atom. The second-order valence-electron chi connectivity index (χ2n) is 6.35. The van der Waals surface area contributed by atoms with Gasteiger partial charge in [-0.25, -0.2) is 0 Å². The molecular weight excluding hydrogens is 296 g/mol. The van der Waals surface area contributed by atoms with Crippen molar-refractivity contribution in [2.45, 2.75) is 51.2 Å². The fourth-order valence-corrected chi connectivity index (χ4v) is 3.62. The summed E-state index contributed by atoms with van der Waals surface area (Å²) in [5.74, 6) is 3.01. The first kappa shape index (κ1) is 14.2. The summed E-state index contributed by atoms with van der Waals surface area (Å²) in [7, 11) is 0. The highest BCUT2D eigenvalue weighted by Gasteiger charge is 2.33. The second-order valence-corrected chi connectivity index (χ2v) is 6.78. The van der Waals surface area contributed by atoms with Gasteiger partial charge in [0.25, 0.3) is 0 Å². The molecule has 1 aromatic heterocycles. The highest BCUT2D eigenvalue weighted by molar-refractivity contribution is 6.30. The Hall–Kier alpha value is -1.39. The predicted octanol–water partition coefficient (Wildman–Crippen LogP) is 3.78. The first-order valence-corrected chi connectivity index (χ1v) is 8.55. The second kappa shape index (κ2) is 5.67. The summed E-state index contributed by atoms with van der Waals surface area (Å²) < 4.78 is 2.35. The highest BCUT2D eigenvalue weighted by atomic mass is 35.5. The van der Waals surface area contributed by atoms with Crippen LogP contribution in [0.15, 0.2) is 24.3 Å². The minimum absolute atomic E-state index is 0.423. The van der Waals surface area contributed by atoms with Crippen molar-refractivity contribution in [3.8, 4) is 0 Å². The first-order chi connectivity index (χ1) is 10.8. The minimum Gasteiger partial charge on any atom is -0.312 e. The van der Waals surface area contributed by atoms with Gasteiger partial charge in [-0.05, 0) is 37.0 Å². The molecule has 2 aliphatic rings. The van der Waals surface area contributed by atoms with Gasteiger partial charge in [0.15, 0.2) is 0 Å². The number of hydrogen-bond acceptors (Lipinski definition) is 3. The van der Waals surface area contributed by atoms with E-state index in [0.29, 0.717) is 12.0 Å². The van der Waals surface area contributed by atoms with Crippen LogP contribution in [0.3, 0.4) is 0 Å². The van der Waals surface area contributed by atoms with Crippen molar-refractivity contribution in [1.29, 1.82) is 0 Å². The molecule has 4 nitrogen and oxygen atoms in total. The van der Waals surface area contributed by atoms with Crippen LogP contribution in [0.4, 0.5) is 0 Å². The molecule has 1 aromatic carbocycles.